The normalized spacial score (nSPS) is 16.4. The van der Waals surface area contributed by atoms with Crippen LogP contribution in [-0.4, -0.2) is 12.5 Å². The van der Waals surface area contributed by atoms with Crippen LogP contribution in [0.5, 0.6) is 5.75 Å². The van der Waals surface area contributed by atoms with Gasteiger partial charge >= 0.3 is 0 Å². The number of ether oxygens (including phenoxy) is 1. The van der Waals surface area contributed by atoms with Gasteiger partial charge in [-0.2, -0.15) is 0 Å². The quantitative estimate of drug-likeness (QED) is 0.824. The van der Waals surface area contributed by atoms with Crippen molar-refractivity contribution in [2.45, 2.75) is 6.04 Å². The lowest BCUT2D eigenvalue weighted by Gasteiger charge is -2.12. The Morgan fingerprint density at radius 1 is 1.30 bits per heavy atom. The predicted octanol–water partition coefficient (Wildman–Crippen LogP) is 2.27. The summed E-state index contributed by atoms with van der Waals surface area (Å²) in [7, 11) is 0. The molecule has 0 aromatic heterocycles. The van der Waals surface area contributed by atoms with Crippen LogP contribution in [0.3, 0.4) is 0 Å². The van der Waals surface area contributed by atoms with E-state index < -0.39 is 0 Å². The van der Waals surface area contributed by atoms with Crippen molar-refractivity contribution in [1.29, 1.82) is 0 Å². The number of carbonyl (C=O) groups excluding carboxylic acids is 1. The molecular weight excluding hydrogens is 259 g/mol. The molecule has 0 saturated carbocycles. The average Bonchev–Trinajstić information content (AvgIpc) is 2.82. The number of fused-ring (bicyclic) bond motifs is 1. The van der Waals surface area contributed by atoms with Gasteiger partial charge in [0.15, 0.2) is 0 Å². The van der Waals surface area contributed by atoms with Crippen LogP contribution in [0.1, 0.15) is 22.0 Å². The molecule has 4 nitrogen and oxygen atoms in total. The zero-order valence-electron chi connectivity index (χ0n) is 10.6. The molecule has 0 aliphatic carbocycles. The van der Waals surface area contributed by atoms with Gasteiger partial charge in [-0.05, 0) is 30.3 Å². The molecule has 1 unspecified atom stereocenters. The van der Waals surface area contributed by atoms with Crippen molar-refractivity contribution in [3.63, 3.8) is 0 Å². The number of hydrogen-bond donors (Lipinski definition) is 2. The first-order valence-corrected chi connectivity index (χ1v) is 6.23. The molecule has 0 spiro atoms. The van der Waals surface area contributed by atoms with Crippen molar-refractivity contribution in [3.8, 4) is 5.75 Å². The highest BCUT2D eigenvalue weighted by Gasteiger charge is 2.26. The van der Waals surface area contributed by atoms with Gasteiger partial charge in [0.1, 0.15) is 18.2 Å². The summed E-state index contributed by atoms with van der Waals surface area (Å²) in [5.41, 5.74) is 7.21. The first-order chi connectivity index (χ1) is 9.65. The maximum atomic E-state index is 13.3. The van der Waals surface area contributed by atoms with Gasteiger partial charge in [0, 0.05) is 11.3 Å². The van der Waals surface area contributed by atoms with Crippen molar-refractivity contribution < 1.29 is 13.9 Å². The summed E-state index contributed by atoms with van der Waals surface area (Å²) >= 11 is 0. The number of benzene rings is 2. The first kappa shape index (κ1) is 12.5. The number of amides is 1. The first-order valence-electron chi connectivity index (χ1n) is 6.23. The lowest BCUT2D eigenvalue weighted by molar-refractivity contribution is 0.0931. The Hall–Kier alpha value is -2.56. The summed E-state index contributed by atoms with van der Waals surface area (Å²) in [6.45, 7) is 0.289. The fourth-order valence-electron chi connectivity index (χ4n) is 2.25. The molecule has 0 fully saturated rings. The lowest BCUT2D eigenvalue weighted by atomic mass is 10.1. The Bertz CT molecular complexity index is 673. The van der Waals surface area contributed by atoms with Crippen LogP contribution in [0, 0.1) is 5.82 Å². The number of para-hydroxylation sites is 1. The van der Waals surface area contributed by atoms with Crippen LogP contribution >= 0.6 is 0 Å². The highest BCUT2D eigenvalue weighted by atomic mass is 19.1. The highest BCUT2D eigenvalue weighted by Crippen LogP contribution is 2.32. The average molecular weight is 272 g/mol. The predicted molar refractivity (Wildman–Crippen MR) is 73.0 cm³/mol. The van der Waals surface area contributed by atoms with Gasteiger partial charge in [-0.1, -0.05) is 12.1 Å². The van der Waals surface area contributed by atoms with Gasteiger partial charge in [-0.25, -0.2) is 4.39 Å². The third kappa shape index (κ3) is 2.18. The third-order valence-corrected chi connectivity index (χ3v) is 3.26. The number of nitrogen functional groups attached to an aromatic ring is 1. The fourth-order valence-corrected chi connectivity index (χ4v) is 2.25. The smallest absolute Gasteiger partial charge is 0.253 e. The molecular formula is C15H13FN2O2. The SMILES string of the molecule is Nc1ccccc1C(=O)NC1COc2ccc(F)cc21. The number of carbonyl (C=O) groups is 1. The Morgan fingerprint density at radius 2 is 2.10 bits per heavy atom. The van der Waals surface area contributed by atoms with Gasteiger partial charge in [0.05, 0.1) is 11.6 Å². The monoisotopic (exact) mass is 272 g/mol. The van der Waals surface area contributed by atoms with Crippen LogP contribution in [0.2, 0.25) is 0 Å². The largest absolute Gasteiger partial charge is 0.491 e. The molecule has 1 heterocycles. The van der Waals surface area contributed by atoms with Gasteiger partial charge in [0.25, 0.3) is 5.91 Å². The molecule has 1 aliphatic heterocycles. The minimum Gasteiger partial charge on any atom is -0.491 e. The third-order valence-electron chi connectivity index (χ3n) is 3.26. The van der Waals surface area contributed by atoms with E-state index in [1.807, 2.05) is 0 Å². The second-order valence-electron chi connectivity index (χ2n) is 4.61. The van der Waals surface area contributed by atoms with Gasteiger partial charge in [-0.15, -0.1) is 0 Å². The standard InChI is InChI=1S/C15H13FN2O2/c16-9-5-6-14-11(7-9)13(8-20-14)18-15(19)10-3-1-2-4-12(10)17/h1-7,13H,8,17H2,(H,18,19). The maximum Gasteiger partial charge on any atom is 0.253 e. The summed E-state index contributed by atoms with van der Waals surface area (Å²) in [6.07, 6.45) is 0. The summed E-state index contributed by atoms with van der Waals surface area (Å²) in [5.74, 6) is -0.0562. The van der Waals surface area contributed by atoms with E-state index in [1.54, 1.807) is 30.3 Å². The molecule has 5 heteroatoms. The van der Waals surface area contributed by atoms with E-state index >= 15 is 0 Å². The molecule has 3 N–H and O–H groups in total. The van der Waals surface area contributed by atoms with Crippen molar-refractivity contribution in [1.82, 2.24) is 5.32 Å². The number of nitrogens with one attached hydrogen (secondary N) is 1. The van der Waals surface area contributed by atoms with Crippen molar-refractivity contribution in [3.05, 3.63) is 59.4 Å². The molecule has 1 amide bonds. The van der Waals surface area contributed by atoms with E-state index in [4.69, 9.17) is 10.5 Å². The summed E-state index contributed by atoms with van der Waals surface area (Å²) in [4.78, 5) is 12.2. The number of halogens is 1. The topological polar surface area (TPSA) is 64.4 Å². The molecule has 20 heavy (non-hydrogen) atoms. The molecule has 0 saturated heterocycles. The Balaban J connectivity index is 1.82. The van der Waals surface area contributed by atoms with Crippen LogP contribution in [0.15, 0.2) is 42.5 Å². The van der Waals surface area contributed by atoms with Gasteiger partial charge < -0.3 is 15.8 Å². The van der Waals surface area contributed by atoms with Crippen LogP contribution < -0.4 is 15.8 Å². The Labute approximate surface area is 115 Å². The van der Waals surface area contributed by atoms with Crippen molar-refractivity contribution >= 4 is 11.6 Å². The van der Waals surface area contributed by atoms with Crippen molar-refractivity contribution in [2.24, 2.45) is 0 Å². The molecule has 102 valence electrons. The van der Waals surface area contributed by atoms with Crippen LogP contribution in [0.4, 0.5) is 10.1 Å². The molecule has 0 radical (unpaired) electrons. The van der Waals surface area contributed by atoms with E-state index in [9.17, 15) is 9.18 Å². The molecule has 3 rings (SSSR count). The molecule has 1 atom stereocenters. The summed E-state index contributed by atoms with van der Waals surface area (Å²) in [6, 6.07) is 10.7. The molecule has 0 bridgehead atoms. The lowest BCUT2D eigenvalue weighted by Crippen LogP contribution is -2.30. The minimum absolute atomic E-state index is 0.289. The van der Waals surface area contributed by atoms with E-state index in [0.29, 0.717) is 22.6 Å². The highest BCUT2D eigenvalue weighted by molar-refractivity contribution is 5.99. The second-order valence-corrected chi connectivity index (χ2v) is 4.61. The van der Waals surface area contributed by atoms with E-state index in [2.05, 4.69) is 5.32 Å². The van der Waals surface area contributed by atoms with Crippen LogP contribution in [0.25, 0.3) is 0 Å². The molecule has 2 aromatic carbocycles. The zero-order valence-corrected chi connectivity index (χ0v) is 10.6. The number of anilines is 1. The van der Waals surface area contributed by atoms with Gasteiger partial charge in [-0.3, -0.25) is 4.79 Å². The van der Waals surface area contributed by atoms with Crippen molar-refractivity contribution in [2.75, 3.05) is 12.3 Å². The second kappa shape index (κ2) is 4.85. The Morgan fingerprint density at radius 3 is 2.90 bits per heavy atom. The van der Waals surface area contributed by atoms with E-state index in [-0.39, 0.29) is 24.4 Å². The summed E-state index contributed by atoms with van der Waals surface area (Å²) < 4.78 is 18.7. The molecule has 2 aromatic rings. The van der Waals surface area contributed by atoms with Crippen LogP contribution in [-0.2, 0) is 0 Å². The Kier molecular flexibility index (Phi) is 3.02. The number of rotatable bonds is 2. The maximum absolute atomic E-state index is 13.3. The zero-order chi connectivity index (χ0) is 14.1. The van der Waals surface area contributed by atoms with E-state index in [0.717, 1.165) is 0 Å². The fraction of sp³-hybridized carbons (Fsp3) is 0.133. The minimum atomic E-state index is -0.368. The number of nitrogens with two attached hydrogens (primary N) is 1. The van der Waals surface area contributed by atoms with E-state index in [1.165, 1.54) is 12.1 Å². The summed E-state index contributed by atoms with van der Waals surface area (Å²) in [5, 5.41) is 2.81. The van der Waals surface area contributed by atoms with Gasteiger partial charge in [0.2, 0.25) is 0 Å². The molecule has 1 aliphatic rings. The number of hydrogen-bond acceptors (Lipinski definition) is 3.